The van der Waals surface area contributed by atoms with Gasteiger partial charge in [0.25, 0.3) is 11.5 Å². The predicted octanol–water partition coefficient (Wildman–Crippen LogP) is 6.46. The minimum absolute atomic E-state index is 0.252. The zero-order valence-corrected chi connectivity index (χ0v) is 24.7. The number of methoxy groups -OCH3 is 1. The van der Waals surface area contributed by atoms with Crippen LogP contribution in [0.2, 0.25) is 0 Å². The van der Waals surface area contributed by atoms with Crippen molar-refractivity contribution < 1.29 is 23.1 Å². The molecule has 6 aromatic rings. The quantitative estimate of drug-likeness (QED) is 0.145. The molecule has 0 aliphatic rings. The molecule has 0 spiro atoms. The average Bonchev–Trinajstić information content (AvgIpc) is 3.44. The number of benzene rings is 4. The monoisotopic (exact) mass is 688 g/mol. The van der Waals surface area contributed by atoms with Crippen LogP contribution in [0.5, 0.6) is 11.5 Å². The van der Waals surface area contributed by atoms with Crippen LogP contribution >= 0.6 is 22.6 Å². The number of aromatic nitrogens is 2. The Balaban J connectivity index is 1.31. The number of hydrogen-bond acceptors (Lipinski definition) is 7. The second-order valence-corrected chi connectivity index (χ2v) is 10.5. The van der Waals surface area contributed by atoms with Crippen molar-refractivity contribution >= 4 is 62.3 Å². The third-order valence-corrected chi connectivity index (χ3v) is 7.23. The van der Waals surface area contributed by atoms with E-state index in [1.165, 1.54) is 36.2 Å². The second-order valence-electron chi connectivity index (χ2n) is 9.34. The van der Waals surface area contributed by atoms with Crippen LogP contribution in [0, 0.1) is 9.39 Å². The largest absolute Gasteiger partial charge is 0.493 e. The summed E-state index contributed by atoms with van der Waals surface area (Å²) in [6, 6.07) is 25.4. The van der Waals surface area contributed by atoms with Crippen molar-refractivity contribution in [2.24, 2.45) is 5.10 Å². The van der Waals surface area contributed by atoms with E-state index in [2.05, 4.69) is 33.0 Å². The Hall–Kier alpha value is -5.04. The highest BCUT2D eigenvalue weighted by atomic mass is 127. The fraction of sp³-hybridized carbons (Fsp3) is 0.0625. The SMILES string of the molecule is COc1cc(C=Nn2c(-c3cc4ccccc4o3)nc3ccccc3c2=O)cc(I)c1OCC(=O)Nc1cccc(F)c1. The molecule has 0 aliphatic carbocycles. The first-order chi connectivity index (χ1) is 20.9. The molecular weight excluding hydrogens is 666 g/mol. The number of furan rings is 1. The van der Waals surface area contributed by atoms with E-state index in [1.54, 1.807) is 36.4 Å². The van der Waals surface area contributed by atoms with Crippen molar-refractivity contribution in [1.29, 1.82) is 0 Å². The molecule has 11 heteroatoms. The molecule has 0 radical (unpaired) electrons. The van der Waals surface area contributed by atoms with Gasteiger partial charge in [-0.15, -0.1) is 0 Å². The third kappa shape index (κ3) is 5.97. The first kappa shape index (κ1) is 28.1. The number of halogens is 2. The number of anilines is 1. The van der Waals surface area contributed by atoms with Gasteiger partial charge >= 0.3 is 0 Å². The summed E-state index contributed by atoms with van der Waals surface area (Å²) in [5, 5.41) is 8.38. The molecule has 2 heterocycles. The maximum atomic E-state index is 13.6. The highest BCUT2D eigenvalue weighted by molar-refractivity contribution is 14.1. The van der Waals surface area contributed by atoms with E-state index in [1.807, 2.05) is 36.4 Å². The van der Waals surface area contributed by atoms with Crippen LogP contribution in [0.1, 0.15) is 5.56 Å². The van der Waals surface area contributed by atoms with E-state index < -0.39 is 11.7 Å². The molecule has 1 amide bonds. The second kappa shape index (κ2) is 12.1. The fourth-order valence-electron chi connectivity index (χ4n) is 4.46. The van der Waals surface area contributed by atoms with Crippen molar-refractivity contribution in [3.63, 3.8) is 0 Å². The molecular formula is C32H22FIN4O5. The summed E-state index contributed by atoms with van der Waals surface area (Å²) in [7, 11) is 1.48. The van der Waals surface area contributed by atoms with Crippen LogP contribution in [-0.4, -0.2) is 35.5 Å². The van der Waals surface area contributed by atoms with Crippen LogP contribution in [0.15, 0.2) is 105 Å². The molecule has 0 unspecified atom stereocenters. The van der Waals surface area contributed by atoms with Gasteiger partial charge in [-0.2, -0.15) is 9.78 Å². The molecule has 0 saturated carbocycles. The Kier molecular flexibility index (Phi) is 7.88. The number of ether oxygens (including phenoxy) is 2. The summed E-state index contributed by atoms with van der Waals surface area (Å²) >= 11 is 2.06. The van der Waals surface area contributed by atoms with Gasteiger partial charge in [-0.3, -0.25) is 9.59 Å². The van der Waals surface area contributed by atoms with Gasteiger partial charge in [-0.25, -0.2) is 9.37 Å². The summed E-state index contributed by atoms with van der Waals surface area (Å²) in [5.41, 5.74) is 1.75. The topological polar surface area (TPSA) is 108 Å². The lowest BCUT2D eigenvalue weighted by molar-refractivity contribution is -0.118. The maximum absolute atomic E-state index is 13.6. The van der Waals surface area contributed by atoms with Gasteiger partial charge in [0.05, 0.1) is 27.8 Å². The van der Waals surface area contributed by atoms with E-state index in [9.17, 15) is 14.0 Å². The molecule has 0 fully saturated rings. The van der Waals surface area contributed by atoms with Crippen LogP contribution in [0.3, 0.4) is 0 Å². The van der Waals surface area contributed by atoms with Crippen molar-refractivity contribution in [3.05, 3.63) is 116 Å². The number of fused-ring (bicyclic) bond motifs is 2. The van der Waals surface area contributed by atoms with E-state index in [4.69, 9.17) is 18.9 Å². The molecule has 4 aromatic carbocycles. The van der Waals surface area contributed by atoms with Crippen molar-refractivity contribution in [1.82, 2.24) is 9.66 Å². The number of nitrogens with one attached hydrogen (secondary N) is 1. The van der Waals surface area contributed by atoms with E-state index in [-0.39, 0.29) is 18.0 Å². The number of carbonyl (C=O) groups excluding carboxylic acids is 1. The summed E-state index contributed by atoms with van der Waals surface area (Å²) in [5.74, 6) is 0.431. The van der Waals surface area contributed by atoms with E-state index >= 15 is 0 Å². The lowest BCUT2D eigenvalue weighted by atomic mass is 10.2. The molecule has 1 N–H and O–H groups in total. The lowest BCUT2D eigenvalue weighted by Crippen LogP contribution is -2.21. The normalized spacial score (nSPS) is 11.3. The number of para-hydroxylation sites is 2. The fourth-order valence-corrected chi connectivity index (χ4v) is 5.24. The minimum Gasteiger partial charge on any atom is -0.493 e. The Morgan fingerprint density at radius 1 is 1.07 bits per heavy atom. The first-order valence-electron chi connectivity index (χ1n) is 13.0. The summed E-state index contributed by atoms with van der Waals surface area (Å²) in [4.78, 5) is 30.7. The molecule has 0 bridgehead atoms. The van der Waals surface area contributed by atoms with Gasteiger partial charge in [0, 0.05) is 11.1 Å². The van der Waals surface area contributed by atoms with E-state index in [0.29, 0.717) is 48.6 Å². The highest BCUT2D eigenvalue weighted by Crippen LogP contribution is 2.34. The third-order valence-electron chi connectivity index (χ3n) is 6.43. The Labute approximate surface area is 257 Å². The van der Waals surface area contributed by atoms with Gasteiger partial charge in [-0.1, -0.05) is 36.4 Å². The van der Waals surface area contributed by atoms with Gasteiger partial charge in [0.15, 0.2) is 23.9 Å². The van der Waals surface area contributed by atoms with Crippen LogP contribution < -0.4 is 20.3 Å². The standard InChI is InChI=1S/C32H22FIN4O5/c1-41-27-14-19(13-24(34)30(27)42-18-29(39)36-22-9-6-8-21(33)16-22)17-35-38-31(28-15-20-7-2-5-12-26(20)43-28)37-25-11-4-3-10-23(25)32(38)40/h2-17H,18H2,1H3,(H,36,39). The average molecular weight is 688 g/mol. The van der Waals surface area contributed by atoms with Gasteiger partial charge in [-0.05, 0) is 82.8 Å². The summed E-state index contributed by atoms with van der Waals surface area (Å²) in [6.07, 6.45) is 1.51. The minimum atomic E-state index is -0.463. The zero-order valence-electron chi connectivity index (χ0n) is 22.6. The van der Waals surface area contributed by atoms with Crippen molar-refractivity contribution in [3.8, 4) is 23.1 Å². The summed E-state index contributed by atoms with van der Waals surface area (Å²) in [6.45, 7) is -0.324. The number of hydrogen-bond donors (Lipinski definition) is 1. The zero-order chi connectivity index (χ0) is 29.9. The molecule has 43 heavy (non-hydrogen) atoms. The maximum Gasteiger partial charge on any atom is 0.282 e. The lowest BCUT2D eigenvalue weighted by Gasteiger charge is -2.13. The number of amides is 1. The van der Waals surface area contributed by atoms with E-state index in [0.717, 1.165) is 5.39 Å². The van der Waals surface area contributed by atoms with Crippen LogP contribution in [0.25, 0.3) is 33.5 Å². The molecule has 0 atom stereocenters. The molecule has 2 aromatic heterocycles. The molecule has 6 rings (SSSR count). The van der Waals surface area contributed by atoms with Gasteiger partial charge < -0.3 is 19.2 Å². The van der Waals surface area contributed by atoms with Gasteiger partial charge in [0.1, 0.15) is 11.4 Å². The molecule has 214 valence electrons. The predicted molar refractivity (Wildman–Crippen MR) is 170 cm³/mol. The molecule has 0 saturated heterocycles. The van der Waals surface area contributed by atoms with Crippen molar-refractivity contribution in [2.45, 2.75) is 0 Å². The Bertz CT molecular complexity index is 2060. The van der Waals surface area contributed by atoms with Crippen molar-refractivity contribution in [2.75, 3.05) is 19.0 Å². The summed E-state index contributed by atoms with van der Waals surface area (Å²) < 4.78 is 32.6. The Morgan fingerprint density at radius 2 is 1.88 bits per heavy atom. The van der Waals surface area contributed by atoms with Crippen LogP contribution in [-0.2, 0) is 4.79 Å². The smallest absolute Gasteiger partial charge is 0.282 e. The number of carbonyl (C=O) groups is 1. The Morgan fingerprint density at radius 3 is 2.70 bits per heavy atom. The van der Waals surface area contributed by atoms with Crippen LogP contribution in [0.4, 0.5) is 10.1 Å². The highest BCUT2D eigenvalue weighted by Gasteiger charge is 2.17. The molecule has 9 nitrogen and oxygen atoms in total. The van der Waals surface area contributed by atoms with Gasteiger partial charge in [0.2, 0.25) is 5.82 Å². The number of rotatable bonds is 8. The first-order valence-corrected chi connectivity index (χ1v) is 14.1. The molecule has 0 aliphatic heterocycles. The number of nitrogens with zero attached hydrogens (tertiary/aromatic N) is 3.